The van der Waals surface area contributed by atoms with Crippen molar-refractivity contribution in [1.82, 2.24) is 14.7 Å². The zero-order valence-electron chi connectivity index (χ0n) is 15.9. The predicted octanol–water partition coefficient (Wildman–Crippen LogP) is 3.06. The Labute approximate surface area is 158 Å². The second-order valence-corrected chi connectivity index (χ2v) is 8.04. The van der Waals surface area contributed by atoms with E-state index in [0.717, 1.165) is 6.42 Å². The molecule has 0 bridgehead atoms. The average Bonchev–Trinajstić information content (AvgIpc) is 3.02. The van der Waals surface area contributed by atoms with Gasteiger partial charge in [0.1, 0.15) is 11.6 Å². The van der Waals surface area contributed by atoms with Crippen LogP contribution in [0.5, 0.6) is 0 Å². The van der Waals surface area contributed by atoms with Gasteiger partial charge in [0.15, 0.2) is 5.78 Å². The van der Waals surface area contributed by atoms with E-state index in [2.05, 4.69) is 5.10 Å². The quantitative estimate of drug-likeness (QED) is 0.840. The van der Waals surface area contributed by atoms with Crippen molar-refractivity contribution < 1.29 is 14.0 Å². The van der Waals surface area contributed by atoms with Crippen molar-refractivity contribution in [2.24, 2.45) is 11.3 Å². The van der Waals surface area contributed by atoms with Crippen LogP contribution in [-0.4, -0.2) is 39.5 Å². The largest absolute Gasteiger partial charge is 0.383 e. The number of nitrogen functional groups attached to an aromatic ring is 1. The number of nitrogens with two attached hydrogens (primary N) is 1. The van der Waals surface area contributed by atoms with Crippen molar-refractivity contribution in [2.45, 2.75) is 33.6 Å². The zero-order chi connectivity index (χ0) is 19.8. The maximum absolute atomic E-state index is 13.1. The first-order valence-corrected chi connectivity index (χ1v) is 9.11. The molecule has 0 unspecified atom stereocenters. The number of rotatable bonds is 3. The normalized spacial score (nSPS) is 17.8. The van der Waals surface area contributed by atoms with Gasteiger partial charge >= 0.3 is 0 Å². The molecule has 0 aliphatic carbocycles. The summed E-state index contributed by atoms with van der Waals surface area (Å²) in [5.41, 5.74) is 6.60. The minimum atomic E-state index is -0.475. The summed E-state index contributed by atoms with van der Waals surface area (Å²) in [5.74, 6) is -0.474. The van der Waals surface area contributed by atoms with Crippen molar-refractivity contribution in [1.29, 1.82) is 0 Å². The second-order valence-electron chi connectivity index (χ2n) is 8.04. The third kappa shape index (κ3) is 3.86. The lowest BCUT2D eigenvalue weighted by Gasteiger charge is -2.35. The lowest BCUT2D eigenvalue weighted by Crippen LogP contribution is -2.46. The first kappa shape index (κ1) is 19.1. The lowest BCUT2D eigenvalue weighted by molar-refractivity contribution is -0.140. The van der Waals surface area contributed by atoms with E-state index < -0.39 is 5.41 Å². The number of aromatic nitrogens is 2. The van der Waals surface area contributed by atoms with Crippen molar-refractivity contribution in [3.8, 4) is 5.69 Å². The number of carbonyl (C=O) groups excluding carboxylic acids is 2. The Morgan fingerprint density at radius 1 is 1.22 bits per heavy atom. The Kier molecular flexibility index (Phi) is 5.04. The molecular weight excluding hydrogens is 347 g/mol. The molecular formula is C20H25FN4O2. The molecule has 0 saturated carbocycles. The maximum Gasteiger partial charge on any atom is 0.227 e. The summed E-state index contributed by atoms with van der Waals surface area (Å²) in [6, 6.07) is 5.73. The number of anilines is 1. The highest BCUT2D eigenvalue weighted by atomic mass is 19.1. The van der Waals surface area contributed by atoms with E-state index in [1.54, 1.807) is 17.0 Å². The first-order chi connectivity index (χ1) is 12.7. The van der Waals surface area contributed by atoms with Gasteiger partial charge in [-0.1, -0.05) is 20.8 Å². The van der Waals surface area contributed by atoms with Crippen LogP contribution < -0.4 is 5.73 Å². The molecule has 1 saturated heterocycles. The molecule has 2 heterocycles. The van der Waals surface area contributed by atoms with Gasteiger partial charge in [0.25, 0.3) is 0 Å². The highest BCUT2D eigenvalue weighted by Crippen LogP contribution is 2.27. The standard InChI is InChI=1S/C20H25FN4O2/c1-20(2,3)19(27)24-10-4-5-13(12-24)17(26)16-11-23-25(18(16)22)15-8-6-14(21)7-9-15/h6-9,11,13H,4-5,10,12,22H2,1-3H3/t13-/m0/s1. The van der Waals surface area contributed by atoms with Gasteiger partial charge in [-0.25, -0.2) is 9.07 Å². The number of ketones is 1. The summed E-state index contributed by atoms with van der Waals surface area (Å²) >= 11 is 0. The molecule has 0 radical (unpaired) electrons. The van der Waals surface area contributed by atoms with Crippen LogP contribution in [0.2, 0.25) is 0 Å². The molecule has 0 spiro atoms. The van der Waals surface area contributed by atoms with E-state index in [4.69, 9.17) is 5.73 Å². The number of hydrogen-bond acceptors (Lipinski definition) is 4. The number of halogens is 1. The topological polar surface area (TPSA) is 81.2 Å². The fraction of sp³-hybridized carbons (Fsp3) is 0.450. The highest BCUT2D eigenvalue weighted by Gasteiger charge is 2.34. The van der Waals surface area contributed by atoms with Gasteiger partial charge in [-0.2, -0.15) is 5.10 Å². The minimum Gasteiger partial charge on any atom is -0.383 e. The van der Waals surface area contributed by atoms with E-state index in [1.165, 1.54) is 23.0 Å². The molecule has 1 aliphatic rings. The third-order valence-corrected chi connectivity index (χ3v) is 4.86. The van der Waals surface area contributed by atoms with E-state index in [-0.39, 0.29) is 29.2 Å². The van der Waals surface area contributed by atoms with Crippen LogP contribution in [0.4, 0.5) is 10.2 Å². The van der Waals surface area contributed by atoms with Crippen LogP contribution in [0.1, 0.15) is 44.0 Å². The van der Waals surface area contributed by atoms with Gasteiger partial charge < -0.3 is 10.6 Å². The Hall–Kier alpha value is -2.70. The second kappa shape index (κ2) is 7.13. The Bertz CT molecular complexity index is 852. The summed E-state index contributed by atoms with van der Waals surface area (Å²) in [5, 5.41) is 4.19. The molecule has 1 aliphatic heterocycles. The SMILES string of the molecule is CC(C)(C)C(=O)N1CCC[C@H](C(=O)c2cnn(-c3ccc(F)cc3)c2N)C1. The van der Waals surface area contributed by atoms with E-state index in [9.17, 15) is 14.0 Å². The third-order valence-electron chi connectivity index (χ3n) is 4.86. The lowest BCUT2D eigenvalue weighted by atomic mass is 9.88. The fourth-order valence-corrected chi connectivity index (χ4v) is 3.41. The molecule has 3 rings (SSSR count). The molecule has 27 heavy (non-hydrogen) atoms. The van der Waals surface area contributed by atoms with Crippen molar-refractivity contribution in [2.75, 3.05) is 18.8 Å². The zero-order valence-corrected chi connectivity index (χ0v) is 15.9. The Morgan fingerprint density at radius 2 is 1.89 bits per heavy atom. The molecule has 1 fully saturated rings. The smallest absolute Gasteiger partial charge is 0.227 e. The van der Waals surface area contributed by atoms with E-state index >= 15 is 0 Å². The summed E-state index contributed by atoms with van der Waals surface area (Å²) in [4.78, 5) is 27.3. The van der Waals surface area contributed by atoms with Gasteiger partial charge in [-0.05, 0) is 37.1 Å². The number of benzene rings is 1. The number of hydrogen-bond donors (Lipinski definition) is 1. The molecule has 1 amide bonds. The highest BCUT2D eigenvalue weighted by molar-refractivity contribution is 6.02. The van der Waals surface area contributed by atoms with Crippen LogP contribution >= 0.6 is 0 Å². The van der Waals surface area contributed by atoms with Crippen molar-refractivity contribution >= 4 is 17.5 Å². The Morgan fingerprint density at radius 3 is 2.52 bits per heavy atom. The summed E-state index contributed by atoms with van der Waals surface area (Å²) < 4.78 is 14.5. The van der Waals surface area contributed by atoms with Gasteiger partial charge in [0.2, 0.25) is 5.91 Å². The van der Waals surface area contributed by atoms with Gasteiger partial charge in [0, 0.05) is 24.4 Å². The van der Waals surface area contributed by atoms with Gasteiger partial charge in [0.05, 0.1) is 17.4 Å². The molecule has 1 aromatic heterocycles. The molecule has 144 valence electrons. The molecule has 2 aromatic rings. The van der Waals surface area contributed by atoms with Crippen LogP contribution in [0.3, 0.4) is 0 Å². The van der Waals surface area contributed by atoms with Crippen LogP contribution in [0, 0.1) is 17.2 Å². The van der Waals surface area contributed by atoms with E-state index in [1.807, 2.05) is 20.8 Å². The fourth-order valence-electron chi connectivity index (χ4n) is 3.41. The summed E-state index contributed by atoms with van der Waals surface area (Å²) in [6.07, 6.45) is 2.95. The van der Waals surface area contributed by atoms with E-state index in [0.29, 0.717) is 30.8 Å². The minimum absolute atomic E-state index is 0.0509. The molecule has 1 aromatic carbocycles. The average molecular weight is 372 g/mol. The number of likely N-dealkylation sites (tertiary alicyclic amines) is 1. The molecule has 7 heteroatoms. The monoisotopic (exact) mass is 372 g/mol. The molecule has 2 N–H and O–H groups in total. The van der Waals surface area contributed by atoms with Gasteiger partial charge in [-0.3, -0.25) is 9.59 Å². The number of amides is 1. The predicted molar refractivity (Wildman–Crippen MR) is 101 cm³/mol. The Balaban J connectivity index is 1.80. The van der Waals surface area contributed by atoms with Crippen molar-refractivity contribution in [3.63, 3.8) is 0 Å². The summed E-state index contributed by atoms with van der Waals surface area (Å²) in [6.45, 7) is 6.71. The van der Waals surface area contributed by atoms with Crippen LogP contribution in [0.15, 0.2) is 30.5 Å². The van der Waals surface area contributed by atoms with Crippen LogP contribution in [-0.2, 0) is 4.79 Å². The number of nitrogens with zero attached hydrogens (tertiary/aromatic N) is 3. The molecule has 1 atom stereocenters. The van der Waals surface area contributed by atoms with Crippen LogP contribution in [0.25, 0.3) is 5.69 Å². The van der Waals surface area contributed by atoms with Gasteiger partial charge in [-0.15, -0.1) is 0 Å². The maximum atomic E-state index is 13.1. The number of carbonyl (C=O) groups is 2. The first-order valence-electron chi connectivity index (χ1n) is 9.11. The molecule has 6 nitrogen and oxygen atoms in total. The number of piperidine rings is 1. The van der Waals surface area contributed by atoms with Crippen molar-refractivity contribution in [3.05, 3.63) is 41.8 Å². The number of Topliss-reactive ketones (excluding diaryl/α,β-unsaturated/α-hetero) is 1. The summed E-state index contributed by atoms with van der Waals surface area (Å²) in [7, 11) is 0.